The molecule has 0 bridgehead atoms. The van der Waals surface area contributed by atoms with Crippen LogP contribution in [0, 0.1) is 3.57 Å². The predicted molar refractivity (Wildman–Crippen MR) is 173 cm³/mol. The maximum absolute atomic E-state index is 13.6. The summed E-state index contributed by atoms with van der Waals surface area (Å²) in [6, 6.07) is 25.9. The molecule has 0 spiro atoms. The fraction of sp³-hybridized carbons (Fsp3) is 0.0645. The number of hydrogen-bond donors (Lipinski definition) is 0. The molecule has 0 atom stereocenters. The number of hydrogen-bond acceptors (Lipinski definition) is 6. The number of ether oxygens (including phenoxy) is 2. The fourth-order valence-electron chi connectivity index (χ4n) is 4.36. The van der Waals surface area contributed by atoms with Gasteiger partial charge in [0.2, 0.25) is 5.82 Å². The zero-order chi connectivity index (χ0) is 28.5. The van der Waals surface area contributed by atoms with Crippen molar-refractivity contribution in [2.24, 2.45) is 5.10 Å². The highest BCUT2D eigenvalue weighted by Gasteiger charge is 2.17. The van der Waals surface area contributed by atoms with Crippen LogP contribution in [0.5, 0.6) is 11.5 Å². The Bertz CT molecular complexity index is 2020. The zero-order valence-corrected chi connectivity index (χ0v) is 26.0. The van der Waals surface area contributed by atoms with Gasteiger partial charge in [0.1, 0.15) is 12.2 Å². The second kappa shape index (κ2) is 11.7. The molecular weight excluding hydrogens is 721 g/mol. The third-order valence-corrected chi connectivity index (χ3v) is 8.02. The van der Waals surface area contributed by atoms with Gasteiger partial charge in [-0.05, 0) is 82.8 Å². The van der Waals surface area contributed by atoms with Gasteiger partial charge in [0.15, 0.2) is 17.3 Å². The third kappa shape index (κ3) is 5.61. The summed E-state index contributed by atoms with van der Waals surface area (Å²) in [5.41, 5.74) is 2.48. The smallest absolute Gasteiger partial charge is 0.282 e. The van der Waals surface area contributed by atoms with E-state index >= 15 is 0 Å². The lowest BCUT2D eigenvalue weighted by atomic mass is 10.2. The van der Waals surface area contributed by atoms with Crippen LogP contribution in [0.1, 0.15) is 11.1 Å². The normalized spacial score (nSPS) is 11.5. The Morgan fingerprint density at radius 1 is 1.07 bits per heavy atom. The van der Waals surface area contributed by atoms with Crippen molar-refractivity contribution < 1.29 is 13.9 Å². The minimum absolute atomic E-state index is 0.287. The highest BCUT2D eigenvalue weighted by molar-refractivity contribution is 14.1. The first-order chi connectivity index (χ1) is 19.9. The minimum atomic E-state index is -0.315. The maximum Gasteiger partial charge on any atom is 0.282 e. The molecule has 0 aliphatic heterocycles. The van der Waals surface area contributed by atoms with Crippen molar-refractivity contribution in [1.29, 1.82) is 0 Å². The highest BCUT2D eigenvalue weighted by Crippen LogP contribution is 2.35. The first kappa shape index (κ1) is 27.5. The van der Waals surface area contributed by atoms with Gasteiger partial charge in [-0.2, -0.15) is 9.78 Å². The SMILES string of the molecule is COc1cc(C=Nn2c(-c3cc4cc(Br)ccc4o3)nc3ccccc3c2=O)cc(I)c1OCc1ccccc1Cl. The Labute approximate surface area is 261 Å². The van der Waals surface area contributed by atoms with E-state index in [4.69, 9.17) is 30.5 Å². The molecular formula is C31H20BrClIN3O4. The molecule has 6 aromatic rings. The third-order valence-electron chi connectivity index (χ3n) is 6.36. The summed E-state index contributed by atoms with van der Waals surface area (Å²) in [4.78, 5) is 18.4. The number of para-hydroxylation sites is 1. The minimum Gasteiger partial charge on any atom is -0.493 e. The molecule has 41 heavy (non-hydrogen) atoms. The van der Waals surface area contributed by atoms with Gasteiger partial charge in [-0.25, -0.2) is 4.98 Å². The van der Waals surface area contributed by atoms with Crippen molar-refractivity contribution >= 4 is 78.2 Å². The number of nitrogens with zero attached hydrogens (tertiary/aromatic N) is 3. The largest absolute Gasteiger partial charge is 0.493 e. The van der Waals surface area contributed by atoms with Crippen LogP contribution in [0.2, 0.25) is 5.02 Å². The molecule has 10 heteroatoms. The molecule has 2 heterocycles. The Morgan fingerprint density at radius 2 is 1.88 bits per heavy atom. The van der Waals surface area contributed by atoms with Gasteiger partial charge in [0, 0.05) is 20.4 Å². The van der Waals surface area contributed by atoms with Crippen molar-refractivity contribution in [2.75, 3.05) is 7.11 Å². The molecule has 0 aliphatic carbocycles. The monoisotopic (exact) mass is 739 g/mol. The molecule has 0 N–H and O–H groups in total. The molecule has 0 unspecified atom stereocenters. The summed E-state index contributed by atoms with van der Waals surface area (Å²) in [7, 11) is 1.57. The van der Waals surface area contributed by atoms with Crippen LogP contribution >= 0.6 is 50.1 Å². The standard InChI is InChI=1S/C31H20BrClIN3O4/c1-39-27-13-18(12-24(34)29(27)40-17-19-6-2-4-8-23(19)33)16-35-37-30(36-25-9-5-3-7-22(25)31(37)38)28-15-20-14-21(32)10-11-26(20)41-28/h2-16H,17H2,1H3. The van der Waals surface area contributed by atoms with Gasteiger partial charge in [0.05, 0.1) is 27.8 Å². The Kier molecular flexibility index (Phi) is 7.83. The van der Waals surface area contributed by atoms with Crippen molar-refractivity contribution in [1.82, 2.24) is 9.66 Å². The summed E-state index contributed by atoms with van der Waals surface area (Å²) in [5, 5.41) is 6.52. The van der Waals surface area contributed by atoms with E-state index in [-0.39, 0.29) is 12.2 Å². The second-order valence-electron chi connectivity index (χ2n) is 9.02. The van der Waals surface area contributed by atoms with Gasteiger partial charge in [-0.15, -0.1) is 0 Å². The number of methoxy groups -OCH3 is 1. The number of aromatic nitrogens is 2. The molecule has 0 saturated heterocycles. The van der Waals surface area contributed by atoms with Crippen LogP contribution < -0.4 is 15.0 Å². The van der Waals surface area contributed by atoms with Crippen LogP contribution in [0.3, 0.4) is 0 Å². The first-order valence-corrected chi connectivity index (χ1v) is 14.7. The van der Waals surface area contributed by atoms with Crippen LogP contribution in [0.25, 0.3) is 33.5 Å². The van der Waals surface area contributed by atoms with Gasteiger partial charge in [-0.1, -0.05) is 57.9 Å². The zero-order valence-electron chi connectivity index (χ0n) is 21.5. The van der Waals surface area contributed by atoms with Crippen LogP contribution in [0.4, 0.5) is 0 Å². The lowest BCUT2D eigenvalue weighted by Crippen LogP contribution is -2.20. The highest BCUT2D eigenvalue weighted by atomic mass is 127. The van der Waals surface area contributed by atoms with Gasteiger partial charge in [0.25, 0.3) is 5.56 Å². The van der Waals surface area contributed by atoms with Gasteiger partial charge >= 0.3 is 0 Å². The maximum atomic E-state index is 13.6. The van der Waals surface area contributed by atoms with E-state index in [1.54, 1.807) is 37.6 Å². The van der Waals surface area contributed by atoms with E-state index in [2.05, 4.69) is 43.6 Å². The van der Waals surface area contributed by atoms with E-state index in [1.807, 2.05) is 60.7 Å². The fourth-order valence-corrected chi connectivity index (χ4v) is 5.71. The van der Waals surface area contributed by atoms with Crippen molar-refractivity contribution in [3.05, 3.63) is 119 Å². The van der Waals surface area contributed by atoms with Crippen LogP contribution in [-0.4, -0.2) is 23.0 Å². The van der Waals surface area contributed by atoms with E-state index in [1.165, 1.54) is 4.68 Å². The quantitative estimate of drug-likeness (QED) is 0.122. The average molecular weight is 741 g/mol. The summed E-state index contributed by atoms with van der Waals surface area (Å²) in [6.07, 6.45) is 1.59. The lowest BCUT2D eigenvalue weighted by molar-refractivity contribution is 0.282. The number of rotatable bonds is 7. The van der Waals surface area contributed by atoms with E-state index in [0.717, 1.165) is 19.0 Å². The number of fused-ring (bicyclic) bond motifs is 2. The molecule has 2 aromatic heterocycles. The summed E-state index contributed by atoms with van der Waals surface area (Å²) < 4.78 is 20.8. The lowest BCUT2D eigenvalue weighted by Gasteiger charge is -2.14. The molecule has 4 aromatic carbocycles. The van der Waals surface area contributed by atoms with Crippen molar-refractivity contribution in [3.8, 4) is 23.1 Å². The number of benzene rings is 4. The number of halogens is 3. The molecule has 0 saturated carbocycles. The summed E-state index contributed by atoms with van der Waals surface area (Å²) in [6.45, 7) is 0.287. The Morgan fingerprint density at radius 3 is 2.71 bits per heavy atom. The van der Waals surface area contributed by atoms with Gasteiger partial charge in [-0.3, -0.25) is 4.79 Å². The van der Waals surface area contributed by atoms with Crippen LogP contribution in [0.15, 0.2) is 104 Å². The topological polar surface area (TPSA) is 78.9 Å². The molecule has 0 fully saturated rings. The summed E-state index contributed by atoms with van der Waals surface area (Å²) in [5.74, 6) is 1.83. The van der Waals surface area contributed by atoms with Gasteiger partial charge < -0.3 is 13.9 Å². The van der Waals surface area contributed by atoms with Crippen molar-refractivity contribution in [3.63, 3.8) is 0 Å². The molecule has 6 rings (SSSR count). The van der Waals surface area contributed by atoms with E-state index in [0.29, 0.717) is 50.2 Å². The second-order valence-corrected chi connectivity index (χ2v) is 11.5. The first-order valence-electron chi connectivity index (χ1n) is 12.4. The molecule has 7 nitrogen and oxygen atoms in total. The molecule has 0 radical (unpaired) electrons. The van der Waals surface area contributed by atoms with E-state index < -0.39 is 0 Å². The average Bonchev–Trinajstić information content (AvgIpc) is 3.39. The van der Waals surface area contributed by atoms with Crippen LogP contribution in [-0.2, 0) is 6.61 Å². The predicted octanol–water partition coefficient (Wildman–Crippen LogP) is 8.30. The number of furan rings is 1. The van der Waals surface area contributed by atoms with Crippen molar-refractivity contribution in [2.45, 2.75) is 6.61 Å². The Hall–Kier alpha value is -3.67. The van der Waals surface area contributed by atoms with E-state index in [9.17, 15) is 4.79 Å². The molecule has 204 valence electrons. The summed E-state index contributed by atoms with van der Waals surface area (Å²) >= 11 is 12.0. The Balaban J connectivity index is 1.40. The molecule has 0 amide bonds. The molecule has 0 aliphatic rings.